The molecule has 5 rings (SSSR count). The predicted molar refractivity (Wildman–Crippen MR) is 102 cm³/mol. The van der Waals surface area contributed by atoms with Gasteiger partial charge in [-0.2, -0.15) is 10.2 Å². The number of aryl methyl sites for hydroxylation is 1. The molecule has 10 nitrogen and oxygen atoms in total. The average molecular weight is 403 g/mol. The van der Waals surface area contributed by atoms with E-state index in [2.05, 4.69) is 27.0 Å². The summed E-state index contributed by atoms with van der Waals surface area (Å²) in [6.07, 6.45) is 4.55. The summed E-state index contributed by atoms with van der Waals surface area (Å²) in [5.74, 6) is 1.10. The molecule has 0 amide bonds. The van der Waals surface area contributed by atoms with Crippen molar-refractivity contribution in [1.82, 2.24) is 28.9 Å². The van der Waals surface area contributed by atoms with Gasteiger partial charge in [-0.3, -0.25) is 4.68 Å². The summed E-state index contributed by atoms with van der Waals surface area (Å²) in [7, 11) is -1.75. The molecule has 3 aromatic heterocycles. The topological polar surface area (TPSA) is 108 Å². The third-order valence-corrected chi connectivity index (χ3v) is 7.32. The third kappa shape index (κ3) is 2.68. The van der Waals surface area contributed by atoms with Gasteiger partial charge in [0.05, 0.1) is 36.1 Å². The normalized spacial score (nSPS) is 20.8. The molecule has 148 valence electrons. The number of aromatic nitrogens is 6. The summed E-state index contributed by atoms with van der Waals surface area (Å²) in [5, 5.41) is 8.64. The fraction of sp³-hybridized carbons (Fsp3) is 0.529. The Balaban J connectivity index is 1.76. The average Bonchev–Trinajstić information content (AvgIpc) is 3.32. The van der Waals surface area contributed by atoms with E-state index >= 15 is 0 Å². The Kier molecular flexibility index (Phi) is 3.91. The van der Waals surface area contributed by atoms with E-state index in [1.54, 1.807) is 24.1 Å². The Morgan fingerprint density at radius 1 is 1.21 bits per heavy atom. The highest BCUT2D eigenvalue weighted by Crippen LogP contribution is 2.34. The van der Waals surface area contributed by atoms with Crippen LogP contribution in [-0.2, 0) is 21.8 Å². The zero-order valence-electron chi connectivity index (χ0n) is 15.7. The smallest absolute Gasteiger partial charge is 0.258 e. The highest BCUT2D eigenvalue weighted by atomic mass is 32.2. The van der Waals surface area contributed by atoms with Gasteiger partial charge in [0.1, 0.15) is 11.5 Å². The minimum Gasteiger partial charge on any atom is -0.377 e. The zero-order chi connectivity index (χ0) is 19.5. The fourth-order valence-corrected chi connectivity index (χ4v) is 5.11. The van der Waals surface area contributed by atoms with Crippen molar-refractivity contribution in [2.75, 3.05) is 24.7 Å². The molecule has 0 N–H and O–H groups in total. The highest BCUT2D eigenvalue weighted by molar-refractivity contribution is 7.90. The molecule has 1 aliphatic heterocycles. The Bertz CT molecular complexity index is 1150. The Morgan fingerprint density at radius 3 is 2.71 bits per heavy atom. The van der Waals surface area contributed by atoms with Crippen LogP contribution in [-0.4, -0.2) is 68.4 Å². The molecule has 2 fully saturated rings. The molecule has 0 bridgehead atoms. The molecule has 0 unspecified atom stereocenters. The van der Waals surface area contributed by atoms with Gasteiger partial charge in [0.15, 0.2) is 11.5 Å². The van der Waals surface area contributed by atoms with Crippen molar-refractivity contribution in [2.45, 2.75) is 31.1 Å². The standard InChI is InChI=1S/C17H21N7O3S/c1-11-10-27-8-7-23(11)16-13-9-19-24(28(25,26)12-3-4-12)17(13)21-15(20-16)14-5-6-18-22(14)2/h5-6,9,11-12H,3-4,7-8,10H2,1-2H3/t11-/m1/s1. The fourth-order valence-electron chi connectivity index (χ4n) is 3.53. The largest absolute Gasteiger partial charge is 0.377 e. The summed E-state index contributed by atoms with van der Waals surface area (Å²) in [5.41, 5.74) is 1.02. The van der Waals surface area contributed by atoms with Gasteiger partial charge in [0, 0.05) is 19.8 Å². The predicted octanol–water partition coefficient (Wildman–Crippen LogP) is 0.792. The lowest BCUT2D eigenvalue weighted by molar-refractivity contribution is 0.0987. The molecule has 1 saturated heterocycles. The van der Waals surface area contributed by atoms with Crippen molar-refractivity contribution in [3.63, 3.8) is 0 Å². The first-order chi connectivity index (χ1) is 13.5. The molecule has 3 aromatic rings. The van der Waals surface area contributed by atoms with Gasteiger partial charge >= 0.3 is 0 Å². The van der Waals surface area contributed by atoms with E-state index in [4.69, 9.17) is 9.72 Å². The van der Waals surface area contributed by atoms with Crippen molar-refractivity contribution < 1.29 is 13.2 Å². The van der Waals surface area contributed by atoms with Crippen molar-refractivity contribution in [3.05, 3.63) is 18.5 Å². The van der Waals surface area contributed by atoms with E-state index in [1.807, 2.05) is 6.07 Å². The number of fused-ring (bicyclic) bond motifs is 1. The van der Waals surface area contributed by atoms with Crippen molar-refractivity contribution in [3.8, 4) is 11.5 Å². The van der Waals surface area contributed by atoms with Gasteiger partial charge in [-0.1, -0.05) is 0 Å². The maximum absolute atomic E-state index is 12.9. The summed E-state index contributed by atoms with van der Waals surface area (Å²) < 4.78 is 34.1. The van der Waals surface area contributed by atoms with Crippen LogP contribution in [0.4, 0.5) is 5.82 Å². The SMILES string of the molecule is C[C@@H]1COCCN1c1nc(-c2ccnn2C)nc2c1cnn2S(=O)(=O)C1CC1. The number of anilines is 1. The summed E-state index contributed by atoms with van der Waals surface area (Å²) in [6.45, 7) is 3.90. The first kappa shape index (κ1) is 17.6. The van der Waals surface area contributed by atoms with Crippen molar-refractivity contribution >= 4 is 26.9 Å². The number of morpholine rings is 1. The second-order valence-corrected chi connectivity index (χ2v) is 9.34. The minimum absolute atomic E-state index is 0.106. The number of ether oxygens (including phenoxy) is 1. The molecular formula is C17H21N7O3S. The first-order valence-electron chi connectivity index (χ1n) is 9.30. The maximum atomic E-state index is 12.9. The van der Waals surface area contributed by atoms with Crippen molar-refractivity contribution in [2.24, 2.45) is 7.05 Å². The third-order valence-electron chi connectivity index (χ3n) is 5.25. The number of hydrogen-bond acceptors (Lipinski definition) is 8. The quantitative estimate of drug-likeness (QED) is 0.629. The molecule has 1 saturated carbocycles. The number of rotatable bonds is 4. The first-order valence-corrected chi connectivity index (χ1v) is 10.8. The van der Waals surface area contributed by atoms with Gasteiger partial charge in [-0.25, -0.2) is 18.4 Å². The van der Waals surface area contributed by atoms with Gasteiger partial charge in [-0.15, -0.1) is 4.09 Å². The zero-order valence-corrected chi connectivity index (χ0v) is 16.5. The van der Waals surface area contributed by atoms with E-state index in [9.17, 15) is 8.42 Å². The lowest BCUT2D eigenvalue weighted by Gasteiger charge is -2.34. The lowest BCUT2D eigenvalue weighted by atomic mass is 10.2. The van der Waals surface area contributed by atoms with Crippen LogP contribution in [0.25, 0.3) is 22.6 Å². The van der Waals surface area contributed by atoms with Crippen LogP contribution in [0.5, 0.6) is 0 Å². The van der Waals surface area contributed by atoms with Crippen LogP contribution in [0.15, 0.2) is 18.5 Å². The molecule has 0 spiro atoms. The molecule has 4 heterocycles. The van der Waals surface area contributed by atoms with Gasteiger partial charge < -0.3 is 9.64 Å². The molecule has 2 aliphatic rings. The van der Waals surface area contributed by atoms with Gasteiger partial charge in [-0.05, 0) is 25.8 Å². The van der Waals surface area contributed by atoms with Crippen LogP contribution in [0.2, 0.25) is 0 Å². The maximum Gasteiger partial charge on any atom is 0.258 e. The van der Waals surface area contributed by atoms with E-state index in [0.29, 0.717) is 61.0 Å². The summed E-state index contributed by atoms with van der Waals surface area (Å²) in [6, 6.07) is 1.92. The van der Waals surface area contributed by atoms with Gasteiger partial charge in [0.2, 0.25) is 0 Å². The van der Waals surface area contributed by atoms with Crippen LogP contribution < -0.4 is 4.90 Å². The number of nitrogens with zero attached hydrogens (tertiary/aromatic N) is 7. The van der Waals surface area contributed by atoms with Crippen LogP contribution in [0.1, 0.15) is 19.8 Å². The van der Waals surface area contributed by atoms with Gasteiger partial charge in [0.25, 0.3) is 10.0 Å². The second kappa shape index (κ2) is 6.24. The number of hydrogen-bond donors (Lipinski definition) is 0. The molecular weight excluding hydrogens is 382 g/mol. The van der Waals surface area contributed by atoms with Crippen LogP contribution in [0.3, 0.4) is 0 Å². The summed E-state index contributed by atoms with van der Waals surface area (Å²) >= 11 is 0. The Morgan fingerprint density at radius 2 is 2.04 bits per heavy atom. The van der Waals surface area contributed by atoms with E-state index in [1.165, 1.54) is 0 Å². The Hall–Kier alpha value is -2.53. The summed E-state index contributed by atoms with van der Waals surface area (Å²) in [4.78, 5) is 11.5. The highest BCUT2D eigenvalue weighted by Gasteiger charge is 2.39. The van der Waals surface area contributed by atoms with Crippen LogP contribution >= 0.6 is 0 Å². The molecule has 11 heteroatoms. The molecule has 0 aromatic carbocycles. The minimum atomic E-state index is -3.56. The second-order valence-electron chi connectivity index (χ2n) is 7.30. The Labute approximate surface area is 162 Å². The molecule has 28 heavy (non-hydrogen) atoms. The van der Waals surface area contributed by atoms with E-state index in [0.717, 1.165) is 4.09 Å². The van der Waals surface area contributed by atoms with Crippen molar-refractivity contribution in [1.29, 1.82) is 0 Å². The molecule has 1 atom stereocenters. The molecule has 1 aliphatic carbocycles. The monoisotopic (exact) mass is 403 g/mol. The lowest BCUT2D eigenvalue weighted by Crippen LogP contribution is -2.44. The van der Waals surface area contributed by atoms with E-state index in [-0.39, 0.29) is 11.3 Å². The molecule has 0 radical (unpaired) electrons. The van der Waals surface area contributed by atoms with E-state index < -0.39 is 10.0 Å². The van der Waals surface area contributed by atoms with Crippen LogP contribution in [0, 0.1) is 0 Å².